The van der Waals surface area contributed by atoms with E-state index >= 15 is 0 Å². The van der Waals surface area contributed by atoms with Crippen LogP contribution in [0.5, 0.6) is 0 Å². The molecule has 102 valence electrons. The van der Waals surface area contributed by atoms with Crippen molar-refractivity contribution in [1.29, 1.82) is 0 Å². The summed E-state index contributed by atoms with van der Waals surface area (Å²) < 4.78 is 40.0. The van der Waals surface area contributed by atoms with Gasteiger partial charge in [-0.3, -0.25) is 4.72 Å². The van der Waals surface area contributed by atoms with Gasteiger partial charge in [0.25, 0.3) is 10.0 Å². The topological polar surface area (TPSA) is 88.0 Å². The molecular formula is C11H11BrFN3O2S. The summed E-state index contributed by atoms with van der Waals surface area (Å²) in [6.07, 6.45) is 1.33. The van der Waals surface area contributed by atoms with Gasteiger partial charge in [0, 0.05) is 22.9 Å². The lowest BCUT2D eigenvalue weighted by Gasteiger charge is -2.08. The Hall–Kier alpha value is -1.38. The maximum atomic E-state index is 13.1. The molecule has 19 heavy (non-hydrogen) atoms. The Balaban J connectivity index is 2.33. The Bertz CT molecular complexity index is 700. The highest BCUT2D eigenvalue weighted by atomic mass is 79.9. The molecule has 0 aliphatic heterocycles. The van der Waals surface area contributed by atoms with Crippen molar-refractivity contribution in [3.63, 3.8) is 0 Å². The number of nitrogens with two attached hydrogens (primary N) is 1. The minimum absolute atomic E-state index is 0.0455. The maximum Gasteiger partial charge on any atom is 0.263 e. The van der Waals surface area contributed by atoms with Crippen LogP contribution in [-0.4, -0.2) is 13.4 Å². The van der Waals surface area contributed by atoms with Crippen LogP contribution in [0.15, 0.2) is 39.8 Å². The molecule has 1 aromatic heterocycles. The fourth-order valence-corrected chi connectivity index (χ4v) is 3.04. The van der Waals surface area contributed by atoms with Gasteiger partial charge in [-0.1, -0.05) is 0 Å². The van der Waals surface area contributed by atoms with Crippen LogP contribution in [0.1, 0.15) is 5.69 Å². The van der Waals surface area contributed by atoms with Crippen molar-refractivity contribution in [2.24, 2.45) is 5.73 Å². The highest BCUT2D eigenvalue weighted by Gasteiger charge is 2.17. The molecule has 5 nitrogen and oxygen atoms in total. The zero-order chi connectivity index (χ0) is 14.0. The number of nitrogens with one attached hydrogen (secondary N) is 2. The molecular weight excluding hydrogens is 337 g/mol. The van der Waals surface area contributed by atoms with E-state index in [1.54, 1.807) is 0 Å². The standard InChI is InChI=1S/C11H11BrFN3O2S/c12-10-2-1-7(13)3-11(10)16-19(17,18)9-4-8(5-14)15-6-9/h1-4,6,15-16H,5,14H2. The number of hydrogen-bond acceptors (Lipinski definition) is 3. The number of aromatic amines is 1. The predicted octanol–water partition coefficient (Wildman–Crippen LogP) is 2.18. The Labute approximate surface area is 118 Å². The van der Waals surface area contributed by atoms with Gasteiger partial charge in [-0.2, -0.15) is 0 Å². The van der Waals surface area contributed by atoms with Crippen LogP contribution in [0, 0.1) is 5.82 Å². The lowest BCUT2D eigenvalue weighted by Crippen LogP contribution is -2.12. The normalized spacial score (nSPS) is 11.5. The number of benzene rings is 1. The third-order valence-electron chi connectivity index (χ3n) is 2.42. The average molecular weight is 348 g/mol. The van der Waals surface area contributed by atoms with E-state index in [0.717, 1.165) is 6.07 Å². The van der Waals surface area contributed by atoms with Gasteiger partial charge in [-0.15, -0.1) is 0 Å². The summed E-state index contributed by atoms with van der Waals surface area (Å²) in [7, 11) is -3.78. The predicted molar refractivity (Wildman–Crippen MR) is 73.6 cm³/mol. The van der Waals surface area contributed by atoms with Gasteiger partial charge in [-0.05, 0) is 40.2 Å². The minimum atomic E-state index is -3.78. The first-order chi connectivity index (χ1) is 8.92. The van der Waals surface area contributed by atoms with Crippen LogP contribution in [0.2, 0.25) is 0 Å². The molecule has 0 spiro atoms. The minimum Gasteiger partial charge on any atom is -0.363 e. The molecule has 1 heterocycles. The fourth-order valence-electron chi connectivity index (χ4n) is 1.47. The van der Waals surface area contributed by atoms with Gasteiger partial charge < -0.3 is 10.7 Å². The van der Waals surface area contributed by atoms with Crippen LogP contribution < -0.4 is 10.5 Å². The van der Waals surface area contributed by atoms with Gasteiger partial charge >= 0.3 is 0 Å². The number of anilines is 1. The number of rotatable bonds is 4. The van der Waals surface area contributed by atoms with Crippen molar-refractivity contribution in [2.75, 3.05) is 4.72 Å². The van der Waals surface area contributed by atoms with E-state index in [1.165, 1.54) is 24.4 Å². The number of hydrogen-bond donors (Lipinski definition) is 3. The first-order valence-corrected chi connectivity index (χ1v) is 7.55. The molecule has 0 saturated carbocycles. The second-order valence-corrected chi connectivity index (χ2v) is 6.33. The summed E-state index contributed by atoms with van der Waals surface area (Å²) in [6.45, 7) is 0.208. The van der Waals surface area contributed by atoms with Crippen molar-refractivity contribution in [3.8, 4) is 0 Å². The van der Waals surface area contributed by atoms with Crippen LogP contribution in [0.4, 0.5) is 10.1 Å². The molecule has 0 atom stereocenters. The lowest BCUT2D eigenvalue weighted by molar-refractivity contribution is 0.601. The molecule has 0 unspecified atom stereocenters. The van der Waals surface area contributed by atoms with Crippen LogP contribution >= 0.6 is 15.9 Å². The zero-order valence-corrected chi connectivity index (χ0v) is 12.1. The molecule has 2 aromatic rings. The second-order valence-electron chi connectivity index (χ2n) is 3.79. The molecule has 4 N–H and O–H groups in total. The van der Waals surface area contributed by atoms with Crippen molar-refractivity contribution < 1.29 is 12.8 Å². The van der Waals surface area contributed by atoms with E-state index in [2.05, 4.69) is 25.6 Å². The lowest BCUT2D eigenvalue weighted by atomic mass is 10.3. The molecule has 0 bridgehead atoms. The highest BCUT2D eigenvalue weighted by molar-refractivity contribution is 9.10. The smallest absolute Gasteiger partial charge is 0.263 e. The Morgan fingerprint density at radius 2 is 2.11 bits per heavy atom. The van der Waals surface area contributed by atoms with Crippen molar-refractivity contribution in [1.82, 2.24) is 4.98 Å². The SMILES string of the molecule is NCc1cc(S(=O)(=O)Nc2cc(F)ccc2Br)c[nH]1. The van der Waals surface area contributed by atoms with Gasteiger partial charge in [0.2, 0.25) is 0 Å². The van der Waals surface area contributed by atoms with E-state index < -0.39 is 15.8 Å². The van der Waals surface area contributed by atoms with E-state index in [-0.39, 0.29) is 17.1 Å². The van der Waals surface area contributed by atoms with Gasteiger partial charge in [0.05, 0.1) is 5.69 Å². The number of sulfonamides is 1. The molecule has 0 fully saturated rings. The van der Waals surface area contributed by atoms with Crippen molar-refractivity contribution in [2.45, 2.75) is 11.4 Å². The largest absolute Gasteiger partial charge is 0.363 e. The van der Waals surface area contributed by atoms with Crippen LogP contribution in [0.3, 0.4) is 0 Å². The average Bonchev–Trinajstić information content (AvgIpc) is 2.83. The summed E-state index contributed by atoms with van der Waals surface area (Å²) in [6, 6.07) is 5.17. The first kappa shape index (κ1) is 14.0. The third-order valence-corrected chi connectivity index (χ3v) is 4.46. The van der Waals surface area contributed by atoms with Crippen molar-refractivity contribution >= 4 is 31.6 Å². The molecule has 0 aliphatic carbocycles. The van der Waals surface area contributed by atoms with E-state index in [9.17, 15) is 12.8 Å². The first-order valence-electron chi connectivity index (χ1n) is 5.27. The molecule has 0 radical (unpaired) electrons. The number of aromatic nitrogens is 1. The summed E-state index contributed by atoms with van der Waals surface area (Å²) >= 11 is 3.15. The van der Waals surface area contributed by atoms with E-state index in [1.807, 2.05) is 0 Å². The summed E-state index contributed by atoms with van der Waals surface area (Å²) in [4.78, 5) is 2.79. The summed E-state index contributed by atoms with van der Waals surface area (Å²) in [5.41, 5.74) is 6.13. The molecule has 1 aromatic carbocycles. The molecule has 0 aliphatic rings. The molecule has 2 rings (SSSR count). The number of H-pyrrole nitrogens is 1. The maximum absolute atomic E-state index is 13.1. The van der Waals surface area contributed by atoms with Crippen molar-refractivity contribution in [3.05, 3.63) is 46.4 Å². The third kappa shape index (κ3) is 3.14. The molecule has 0 amide bonds. The summed E-state index contributed by atoms with van der Waals surface area (Å²) in [5.74, 6) is -0.530. The molecule has 8 heteroatoms. The van der Waals surface area contributed by atoms with Crippen LogP contribution in [0.25, 0.3) is 0 Å². The van der Waals surface area contributed by atoms with Crippen LogP contribution in [-0.2, 0) is 16.6 Å². The second kappa shape index (κ2) is 5.32. The van der Waals surface area contributed by atoms with E-state index in [4.69, 9.17) is 5.73 Å². The van der Waals surface area contributed by atoms with Gasteiger partial charge in [0.1, 0.15) is 10.7 Å². The Kier molecular flexibility index (Phi) is 3.93. The monoisotopic (exact) mass is 347 g/mol. The fraction of sp³-hybridized carbons (Fsp3) is 0.0909. The van der Waals surface area contributed by atoms with Gasteiger partial charge in [-0.25, -0.2) is 12.8 Å². The Morgan fingerprint density at radius 3 is 2.74 bits per heavy atom. The highest BCUT2D eigenvalue weighted by Crippen LogP contribution is 2.26. The summed E-state index contributed by atoms with van der Waals surface area (Å²) in [5, 5.41) is 0. The number of halogens is 2. The van der Waals surface area contributed by atoms with E-state index in [0.29, 0.717) is 10.2 Å². The molecule has 0 saturated heterocycles. The van der Waals surface area contributed by atoms with Gasteiger partial charge in [0.15, 0.2) is 0 Å². The quantitative estimate of drug-likeness (QED) is 0.791. The zero-order valence-electron chi connectivity index (χ0n) is 9.65. The Morgan fingerprint density at radius 1 is 1.37 bits per heavy atom.